The largest absolute Gasteiger partial charge is 0.356 e. The number of hydrogen-bond donors (Lipinski definition) is 1. The third kappa shape index (κ3) is 3.43. The number of benzene rings is 2. The number of para-hydroxylation sites is 1. The van der Waals surface area contributed by atoms with Crippen molar-refractivity contribution in [1.82, 2.24) is 5.16 Å². The van der Waals surface area contributed by atoms with Crippen molar-refractivity contribution in [2.45, 2.75) is 47.0 Å². The van der Waals surface area contributed by atoms with E-state index in [4.69, 9.17) is 4.52 Å². The Bertz CT molecular complexity index is 938. The standard InChI is InChI=1S/C21H24N2O2/c1-12(2)16-8-6-7-13(3)21(16)22-20(24)11-18-17-9-14(4)15(5)10-19(17)25-23-18/h6-10,12H,11H2,1-5H3,(H,22,24). The van der Waals surface area contributed by atoms with E-state index in [0.717, 1.165) is 33.3 Å². The fourth-order valence-electron chi connectivity index (χ4n) is 3.05. The highest BCUT2D eigenvalue weighted by atomic mass is 16.5. The third-order valence-corrected chi connectivity index (χ3v) is 4.68. The molecule has 0 radical (unpaired) electrons. The third-order valence-electron chi connectivity index (χ3n) is 4.68. The first kappa shape index (κ1) is 17.2. The second-order valence-corrected chi connectivity index (χ2v) is 6.98. The van der Waals surface area contributed by atoms with Crippen LogP contribution in [0.5, 0.6) is 0 Å². The first-order chi connectivity index (χ1) is 11.9. The molecule has 0 aliphatic carbocycles. The van der Waals surface area contributed by atoms with Crippen LogP contribution in [-0.4, -0.2) is 11.1 Å². The fourth-order valence-corrected chi connectivity index (χ4v) is 3.05. The van der Waals surface area contributed by atoms with Crippen LogP contribution in [0.15, 0.2) is 34.9 Å². The number of nitrogens with zero attached hydrogens (tertiary/aromatic N) is 1. The van der Waals surface area contributed by atoms with Crippen molar-refractivity contribution in [1.29, 1.82) is 0 Å². The SMILES string of the molecule is Cc1cc2onc(CC(=O)Nc3c(C)cccc3C(C)C)c2cc1C. The highest BCUT2D eigenvalue weighted by molar-refractivity contribution is 5.96. The van der Waals surface area contributed by atoms with Crippen molar-refractivity contribution in [2.75, 3.05) is 5.32 Å². The summed E-state index contributed by atoms with van der Waals surface area (Å²) in [6, 6.07) is 10.1. The van der Waals surface area contributed by atoms with Crippen LogP contribution < -0.4 is 5.32 Å². The average Bonchev–Trinajstić information content (AvgIpc) is 2.91. The lowest BCUT2D eigenvalue weighted by atomic mass is 9.98. The number of aryl methyl sites for hydroxylation is 3. The Morgan fingerprint density at radius 2 is 1.84 bits per heavy atom. The van der Waals surface area contributed by atoms with Crippen LogP contribution in [0.3, 0.4) is 0 Å². The zero-order valence-corrected chi connectivity index (χ0v) is 15.4. The van der Waals surface area contributed by atoms with Gasteiger partial charge in [-0.3, -0.25) is 4.79 Å². The van der Waals surface area contributed by atoms with Gasteiger partial charge in [0.15, 0.2) is 5.58 Å². The fraction of sp³-hybridized carbons (Fsp3) is 0.333. The van der Waals surface area contributed by atoms with E-state index in [9.17, 15) is 4.79 Å². The summed E-state index contributed by atoms with van der Waals surface area (Å²) in [6.07, 6.45) is 0.196. The van der Waals surface area contributed by atoms with E-state index in [2.05, 4.69) is 30.4 Å². The van der Waals surface area contributed by atoms with Crippen molar-refractivity contribution in [3.63, 3.8) is 0 Å². The summed E-state index contributed by atoms with van der Waals surface area (Å²) in [4.78, 5) is 12.6. The highest BCUT2D eigenvalue weighted by Crippen LogP contribution is 2.28. The van der Waals surface area contributed by atoms with Crippen LogP contribution in [0, 0.1) is 20.8 Å². The lowest BCUT2D eigenvalue weighted by molar-refractivity contribution is -0.115. The molecule has 1 aromatic heterocycles. The molecule has 0 fully saturated rings. The van der Waals surface area contributed by atoms with E-state index < -0.39 is 0 Å². The second kappa shape index (κ2) is 6.71. The highest BCUT2D eigenvalue weighted by Gasteiger charge is 2.16. The van der Waals surface area contributed by atoms with Crippen LogP contribution in [0.25, 0.3) is 11.0 Å². The zero-order valence-electron chi connectivity index (χ0n) is 15.4. The molecule has 0 atom stereocenters. The van der Waals surface area contributed by atoms with E-state index in [1.165, 1.54) is 5.56 Å². The van der Waals surface area contributed by atoms with Crippen LogP contribution in [0.1, 0.15) is 47.7 Å². The molecule has 1 N–H and O–H groups in total. The number of anilines is 1. The van der Waals surface area contributed by atoms with Gasteiger partial charge in [-0.25, -0.2) is 0 Å². The van der Waals surface area contributed by atoms with Crippen molar-refractivity contribution in [2.24, 2.45) is 0 Å². The quantitative estimate of drug-likeness (QED) is 0.724. The summed E-state index contributed by atoms with van der Waals surface area (Å²) in [6.45, 7) is 10.4. The van der Waals surface area contributed by atoms with Crippen molar-refractivity contribution >= 4 is 22.6 Å². The molecule has 0 aliphatic rings. The van der Waals surface area contributed by atoms with Crippen LogP contribution >= 0.6 is 0 Å². The number of nitrogens with one attached hydrogen (secondary N) is 1. The number of fused-ring (bicyclic) bond motifs is 1. The van der Waals surface area contributed by atoms with Gasteiger partial charge in [-0.15, -0.1) is 0 Å². The predicted molar refractivity (Wildman–Crippen MR) is 101 cm³/mol. The normalized spacial score (nSPS) is 11.3. The summed E-state index contributed by atoms with van der Waals surface area (Å²) in [5.41, 5.74) is 6.84. The van der Waals surface area contributed by atoms with Gasteiger partial charge >= 0.3 is 0 Å². The lowest BCUT2D eigenvalue weighted by Gasteiger charge is -2.16. The molecule has 3 rings (SSSR count). The summed E-state index contributed by atoms with van der Waals surface area (Å²) < 4.78 is 5.39. The zero-order chi connectivity index (χ0) is 18.1. The molecule has 1 heterocycles. The van der Waals surface area contributed by atoms with Crippen LogP contribution in [0.4, 0.5) is 5.69 Å². The molecule has 0 spiro atoms. The monoisotopic (exact) mass is 336 g/mol. The van der Waals surface area contributed by atoms with E-state index >= 15 is 0 Å². The van der Waals surface area contributed by atoms with E-state index in [0.29, 0.717) is 11.6 Å². The Balaban J connectivity index is 1.86. The van der Waals surface area contributed by atoms with Crippen molar-refractivity contribution in [3.05, 3.63) is 58.3 Å². The summed E-state index contributed by atoms with van der Waals surface area (Å²) in [7, 11) is 0. The van der Waals surface area contributed by atoms with E-state index in [1.54, 1.807) is 0 Å². The van der Waals surface area contributed by atoms with Crippen LogP contribution in [0.2, 0.25) is 0 Å². The van der Waals surface area contributed by atoms with E-state index in [-0.39, 0.29) is 12.3 Å². The Morgan fingerprint density at radius 3 is 2.56 bits per heavy atom. The van der Waals surface area contributed by atoms with E-state index in [1.807, 2.05) is 45.0 Å². The van der Waals surface area contributed by atoms with Gasteiger partial charge in [0.2, 0.25) is 5.91 Å². The molecule has 0 unspecified atom stereocenters. The van der Waals surface area contributed by atoms with Crippen molar-refractivity contribution < 1.29 is 9.32 Å². The first-order valence-electron chi connectivity index (χ1n) is 8.61. The molecule has 1 amide bonds. The molecule has 0 aliphatic heterocycles. The van der Waals surface area contributed by atoms with Gasteiger partial charge in [-0.1, -0.05) is 37.2 Å². The number of aromatic nitrogens is 1. The molecule has 25 heavy (non-hydrogen) atoms. The van der Waals surface area contributed by atoms with Gasteiger partial charge in [-0.05, 0) is 61.1 Å². The lowest BCUT2D eigenvalue weighted by Crippen LogP contribution is -2.17. The second-order valence-electron chi connectivity index (χ2n) is 6.98. The Kier molecular flexibility index (Phi) is 4.62. The number of carbonyl (C=O) groups excluding carboxylic acids is 1. The molecule has 130 valence electrons. The molecular weight excluding hydrogens is 312 g/mol. The van der Waals surface area contributed by atoms with Gasteiger partial charge in [0.1, 0.15) is 5.69 Å². The van der Waals surface area contributed by atoms with Gasteiger partial charge in [0, 0.05) is 11.1 Å². The van der Waals surface area contributed by atoms with Gasteiger partial charge in [-0.2, -0.15) is 0 Å². The number of amides is 1. The maximum absolute atomic E-state index is 12.6. The smallest absolute Gasteiger partial charge is 0.230 e. The van der Waals surface area contributed by atoms with Crippen LogP contribution in [-0.2, 0) is 11.2 Å². The maximum atomic E-state index is 12.6. The van der Waals surface area contributed by atoms with Gasteiger partial charge < -0.3 is 9.84 Å². The minimum absolute atomic E-state index is 0.0790. The molecule has 4 nitrogen and oxygen atoms in total. The Labute approximate surface area is 148 Å². The van der Waals surface area contributed by atoms with Gasteiger partial charge in [0.25, 0.3) is 0 Å². The Hall–Kier alpha value is -2.62. The van der Waals surface area contributed by atoms with Crippen molar-refractivity contribution in [3.8, 4) is 0 Å². The molecule has 2 aromatic carbocycles. The maximum Gasteiger partial charge on any atom is 0.230 e. The summed E-state index contributed by atoms with van der Waals surface area (Å²) in [5, 5.41) is 8.08. The Morgan fingerprint density at radius 1 is 1.12 bits per heavy atom. The topological polar surface area (TPSA) is 55.1 Å². The average molecular weight is 336 g/mol. The predicted octanol–water partition coefficient (Wildman–Crippen LogP) is 5.06. The summed E-state index contributed by atoms with van der Waals surface area (Å²) in [5.74, 6) is 0.262. The first-order valence-corrected chi connectivity index (χ1v) is 8.61. The molecule has 0 bridgehead atoms. The molecular formula is C21H24N2O2. The molecule has 4 heteroatoms. The number of carbonyl (C=O) groups is 1. The van der Waals surface area contributed by atoms with Gasteiger partial charge in [0.05, 0.1) is 6.42 Å². The minimum atomic E-state index is -0.0790. The minimum Gasteiger partial charge on any atom is -0.356 e. The molecule has 0 saturated carbocycles. The molecule has 0 saturated heterocycles. The summed E-state index contributed by atoms with van der Waals surface area (Å²) >= 11 is 0. The number of hydrogen-bond acceptors (Lipinski definition) is 3. The number of rotatable bonds is 4. The molecule has 3 aromatic rings.